The zero-order valence-corrected chi connectivity index (χ0v) is 15.1. The minimum absolute atomic E-state index is 0.253. The van der Waals surface area contributed by atoms with Crippen LogP contribution in [0.25, 0.3) is 0 Å². The summed E-state index contributed by atoms with van der Waals surface area (Å²) in [5.74, 6) is -1.23. The first kappa shape index (κ1) is 19.0. The SMILES string of the molecule is CSC(=N[C@@H](Cc1ccc(F)c(C(C)(C)C)c1)C(=O)O)SC. The van der Waals surface area contributed by atoms with Crippen LogP contribution in [0, 0.1) is 5.82 Å². The Labute approximate surface area is 139 Å². The maximum atomic E-state index is 13.9. The van der Waals surface area contributed by atoms with Gasteiger partial charge in [0, 0.05) is 6.42 Å². The van der Waals surface area contributed by atoms with Crippen molar-refractivity contribution in [1.82, 2.24) is 0 Å². The van der Waals surface area contributed by atoms with Crippen molar-refractivity contribution in [2.75, 3.05) is 12.5 Å². The number of carbonyl (C=O) groups is 1. The van der Waals surface area contributed by atoms with Crippen LogP contribution in [-0.4, -0.2) is 34.0 Å². The molecule has 0 bridgehead atoms. The van der Waals surface area contributed by atoms with Crippen molar-refractivity contribution in [3.8, 4) is 0 Å². The fourth-order valence-corrected chi connectivity index (χ4v) is 3.13. The molecular formula is C16H22FNO2S2. The van der Waals surface area contributed by atoms with E-state index in [0.717, 1.165) is 9.94 Å². The van der Waals surface area contributed by atoms with E-state index in [1.54, 1.807) is 12.1 Å². The van der Waals surface area contributed by atoms with Crippen LogP contribution in [-0.2, 0) is 16.6 Å². The van der Waals surface area contributed by atoms with Crippen LogP contribution < -0.4 is 0 Å². The molecule has 0 aliphatic rings. The molecule has 0 heterocycles. The maximum Gasteiger partial charge on any atom is 0.328 e. The third-order valence-electron chi connectivity index (χ3n) is 3.16. The standard InChI is InChI=1S/C16H22FNO2S2/c1-16(2,3)11-8-10(6-7-12(11)17)9-13(14(19)20)18-15(21-4)22-5/h6-8,13H,9H2,1-5H3,(H,19,20)/t13-/m0/s1. The molecule has 0 spiro atoms. The van der Waals surface area contributed by atoms with Gasteiger partial charge in [-0.05, 0) is 35.1 Å². The fraction of sp³-hybridized carbons (Fsp3) is 0.500. The van der Waals surface area contributed by atoms with E-state index in [2.05, 4.69) is 4.99 Å². The number of aliphatic imine (C=N–C) groups is 1. The number of hydrogen-bond acceptors (Lipinski definition) is 4. The topological polar surface area (TPSA) is 49.7 Å². The molecule has 0 unspecified atom stereocenters. The van der Waals surface area contributed by atoms with Gasteiger partial charge in [-0.3, -0.25) is 4.99 Å². The molecule has 6 heteroatoms. The molecule has 0 radical (unpaired) electrons. The third-order valence-corrected chi connectivity index (χ3v) is 5.07. The number of benzene rings is 1. The van der Waals surface area contributed by atoms with Gasteiger partial charge in [0.2, 0.25) is 0 Å². The molecule has 3 nitrogen and oxygen atoms in total. The van der Waals surface area contributed by atoms with Crippen LogP contribution >= 0.6 is 23.5 Å². The van der Waals surface area contributed by atoms with Crippen molar-refractivity contribution in [3.05, 3.63) is 35.1 Å². The lowest BCUT2D eigenvalue weighted by molar-refractivity contribution is -0.138. The number of carboxylic acids is 1. The van der Waals surface area contributed by atoms with Crippen molar-refractivity contribution < 1.29 is 14.3 Å². The molecule has 0 amide bonds. The van der Waals surface area contributed by atoms with Crippen LogP contribution in [0.1, 0.15) is 31.9 Å². The normalized spacial score (nSPS) is 12.8. The van der Waals surface area contributed by atoms with Gasteiger partial charge < -0.3 is 5.11 Å². The highest BCUT2D eigenvalue weighted by Crippen LogP contribution is 2.26. The van der Waals surface area contributed by atoms with Gasteiger partial charge in [0.25, 0.3) is 0 Å². The Kier molecular flexibility index (Phi) is 6.94. The lowest BCUT2D eigenvalue weighted by Crippen LogP contribution is -2.22. The molecule has 1 rings (SSSR count). The number of hydrogen-bond donors (Lipinski definition) is 1. The molecule has 0 saturated heterocycles. The maximum absolute atomic E-state index is 13.9. The molecule has 0 aliphatic heterocycles. The summed E-state index contributed by atoms with van der Waals surface area (Å²) < 4.78 is 14.7. The predicted octanol–water partition coefficient (Wildman–Crippen LogP) is 4.20. The molecule has 1 N–H and O–H groups in total. The number of aliphatic carboxylic acids is 1. The monoisotopic (exact) mass is 343 g/mol. The summed E-state index contributed by atoms with van der Waals surface area (Å²) in [7, 11) is 0. The predicted molar refractivity (Wildman–Crippen MR) is 94.7 cm³/mol. The Hall–Kier alpha value is -1.01. The van der Waals surface area contributed by atoms with Crippen LogP contribution in [0.2, 0.25) is 0 Å². The Morgan fingerprint density at radius 1 is 1.32 bits per heavy atom. The Morgan fingerprint density at radius 2 is 1.91 bits per heavy atom. The zero-order chi connectivity index (χ0) is 16.9. The molecule has 0 fully saturated rings. The van der Waals surface area contributed by atoms with Crippen LogP contribution in [0.4, 0.5) is 4.39 Å². The second-order valence-corrected chi connectivity index (χ2v) is 7.77. The summed E-state index contributed by atoms with van der Waals surface area (Å²) in [5, 5.41) is 9.36. The summed E-state index contributed by atoms with van der Waals surface area (Å²) >= 11 is 2.85. The number of halogens is 1. The average molecular weight is 343 g/mol. The fourth-order valence-electron chi connectivity index (χ4n) is 2.00. The van der Waals surface area contributed by atoms with Crippen LogP contribution in [0.15, 0.2) is 23.2 Å². The van der Waals surface area contributed by atoms with E-state index in [1.165, 1.54) is 29.6 Å². The van der Waals surface area contributed by atoms with Gasteiger partial charge in [-0.1, -0.05) is 32.9 Å². The van der Waals surface area contributed by atoms with Gasteiger partial charge in [0.05, 0.1) is 0 Å². The lowest BCUT2D eigenvalue weighted by atomic mass is 9.85. The number of nitrogens with zero attached hydrogens (tertiary/aromatic N) is 1. The Morgan fingerprint density at radius 3 is 2.36 bits per heavy atom. The van der Waals surface area contributed by atoms with Crippen molar-refractivity contribution >= 4 is 33.9 Å². The van der Waals surface area contributed by atoms with Crippen molar-refractivity contribution in [2.24, 2.45) is 4.99 Å². The van der Waals surface area contributed by atoms with E-state index in [9.17, 15) is 14.3 Å². The molecule has 22 heavy (non-hydrogen) atoms. The summed E-state index contributed by atoms with van der Waals surface area (Å²) in [5.41, 5.74) is 1.04. The lowest BCUT2D eigenvalue weighted by Gasteiger charge is -2.21. The smallest absolute Gasteiger partial charge is 0.328 e. The Balaban J connectivity index is 3.10. The molecule has 0 aliphatic carbocycles. The molecule has 0 aromatic heterocycles. The number of carboxylic acid groups (broad SMARTS) is 1. The first-order valence-electron chi connectivity index (χ1n) is 6.86. The second kappa shape index (κ2) is 8.02. The van der Waals surface area contributed by atoms with Crippen molar-refractivity contribution in [3.63, 3.8) is 0 Å². The summed E-state index contributed by atoms with van der Waals surface area (Å²) in [4.78, 5) is 15.7. The minimum Gasteiger partial charge on any atom is -0.480 e. The zero-order valence-electron chi connectivity index (χ0n) is 13.5. The van der Waals surface area contributed by atoms with Gasteiger partial charge in [-0.2, -0.15) is 0 Å². The molecule has 1 atom stereocenters. The highest BCUT2D eigenvalue weighted by Gasteiger charge is 2.22. The van der Waals surface area contributed by atoms with E-state index in [0.29, 0.717) is 5.56 Å². The van der Waals surface area contributed by atoms with E-state index in [-0.39, 0.29) is 17.7 Å². The van der Waals surface area contributed by atoms with Gasteiger partial charge in [0.1, 0.15) is 10.2 Å². The summed E-state index contributed by atoms with van der Waals surface area (Å²) in [6.07, 6.45) is 3.98. The largest absolute Gasteiger partial charge is 0.480 e. The highest BCUT2D eigenvalue weighted by atomic mass is 32.2. The molecule has 122 valence electrons. The first-order valence-corrected chi connectivity index (χ1v) is 9.31. The van der Waals surface area contributed by atoms with Gasteiger partial charge in [-0.25, -0.2) is 9.18 Å². The molecule has 1 aromatic carbocycles. The number of thioether (sulfide) groups is 2. The Bertz CT molecular complexity index is 562. The van der Waals surface area contributed by atoms with E-state index < -0.39 is 12.0 Å². The number of rotatable bonds is 4. The van der Waals surface area contributed by atoms with Crippen molar-refractivity contribution in [1.29, 1.82) is 0 Å². The van der Waals surface area contributed by atoms with Crippen molar-refractivity contribution in [2.45, 2.75) is 38.6 Å². The average Bonchev–Trinajstić information content (AvgIpc) is 2.43. The van der Waals surface area contributed by atoms with E-state index >= 15 is 0 Å². The van der Waals surface area contributed by atoms with Gasteiger partial charge >= 0.3 is 5.97 Å². The third kappa shape index (κ3) is 5.32. The van der Waals surface area contributed by atoms with Crippen LogP contribution in [0.3, 0.4) is 0 Å². The van der Waals surface area contributed by atoms with E-state index in [4.69, 9.17) is 0 Å². The van der Waals surface area contributed by atoms with Gasteiger partial charge in [0.15, 0.2) is 6.04 Å². The first-order chi connectivity index (χ1) is 10.2. The highest BCUT2D eigenvalue weighted by molar-refractivity contribution is 8.38. The molecule has 1 aromatic rings. The quantitative estimate of drug-likeness (QED) is 0.657. The van der Waals surface area contributed by atoms with Gasteiger partial charge in [-0.15, -0.1) is 23.5 Å². The van der Waals surface area contributed by atoms with E-state index in [1.807, 2.05) is 33.3 Å². The minimum atomic E-state index is -0.970. The second-order valence-electron chi connectivity index (χ2n) is 5.93. The molecule has 0 saturated carbocycles. The summed E-state index contributed by atoms with van der Waals surface area (Å²) in [6, 6.07) is 3.93. The van der Waals surface area contributed by atoms with Crippen LogP contribution in [0.5, 0.6) is 0 Å². The molecular weight excluding hydrogens is 321 g/mol. The summed E-state index contributed by atoms with van der Waals surface area (Å²) in [6.45, 7) is 5.80.